The van der Waals surface area contributed by atoms with E-state index >= 15 is 0 Å². The number of aliphatic imine (C=N–C) groups is 1. The van der Waals surface area contributed by atoms with Gasteiger partial charge in [0.15, 0.2) is 5.75 Å². The molecular formula is C10H6N2O. The molecule has 1 aliphatic heterocycles. The van der Waals surface area contributed by atoms with Gasteiger partial charge in [0.25, 0.3) is 0 Å². The summed E-state index contributed by atoms with van der Waals surface area (Å²) in [6.45, 7) is 0. The van der Waals surface area contributed by atoms with Crippen LogP contribution in [0.2, 0.25) is 0 Å². The summed E-state index contributed by atoms with van der Waals surface area (Å²) >= 11 is 0. The Morgan fingerprint density at radius 3 is 3.15 bits per heavy atom. The molecule has 2 rings (SSSR count). The summed E-state index contributed by atoms with van der Waals surface area (Å²) in [5, 5.41) is 8.65. The average Bonchev–Trinajstić information content (AvgIpc) is 2.41. The lowest BCUT2D eigenvalue weighted by Crippen LogP contribution is -1.82. The van der Waals surface area contributed by atoms with Gasteiger partial charge in [0.2, 0.25) is 0 Å². The number of rotatable bonds is 0. The van der Waals surface area contributed by atoms with E-state index < -0.39 is 0 Å². The molecular weight excluding hydrogens is 164 g/mol. The molecule has 0 saturated carbocycles. The van der Waals surface area contributed by atoms with Crippen molar-refractivity contribution in [3.63, 3.8) is 0 Å². The third-order valence-electron chi connectivity index (χ3n) is 1.66. The number of allylic oxidation sites excluding steroid dienone is 1. The third-order valence-corrected chi connectivity index (χ3v) is 1.66. The van der Waals surface area contributed by atoms with Crippen molar-refractivity contribution in [1.82, 2.24) is 0 Å². The zero-order valence-corrected chi connectivity index (χ0v) is 6.77. The molecule has 1 heterocycles. The van der Waals surface area contributed by atoms with E-state index in [1.165, 1.54) is 6.26 Å². The van der Waals surface area contributed by atoms with E-state index in [-0.39, 0.29) is 0 Å². The van der Waals surface area contributed by atoms with Crippen LogP contribution in [-0.4, -0.2) is 6.21 Å². The Kier molecular flexibility index (Phi) is 1.81. The van der Waals surface area contributed by atoms with Crippen LogP contribution in [0.3, 0.4) is 0 Å². The lowest BCUT2D eigenvalue weighted by molar-refractivity contribution is 0.484. The number of benzene rings is 1. The number of hydrogen-bond donors (Lipinski definition) is 0. The predicted molar refractivity (Wildman–Crippen MR) is 49.1 cm³/mol. The first-order valence-corrected chi connectivity index (χ1v) is 3.80. The summed E-state index contributed by atoms with van der Waals surface area (Å²) < 4.78 is 5.23. The zero-order valence-electron chi connectivity index (χ0n) is 6.77. The Morgan fingerprint density at radius 2 is 2.31 bits per heavy atom. The van der Waals surface area contributed by atoms with Gasteiger partial charge in [-0.15, -0.1) is 0 Å². The SMILES string of the molecule is N#Cc1ccc2c(c1)OC=CC=N2. The van der Waals surface area contributed by atoms with Crippen LogP contribution in [0.25, 0.3) is 0 Å². The van der Waals surface area contributed by atoms with Gasteiger partial charge in [-0.2, -0.15) is 5.26 Å². The van der Waals surface area contributed by atoms with Crippen molar-refractivity contribution < 1.29 is 4.74 Å². The molecule has 3 nitrogen and oxygen atoms in total. The Morgan fingerprint density at radius 1 is 1.38 bits per heavy atom. The zero-order chi connectivity index (χ0) is 9.10. The fraction of sp³-hybridized carbons (Fsp3) is 0. The van der Waals surface area contributed by atoms with Crippen molar-refractivity contribution in [2.24, 2.45) is 4.99 Å². The lowest BCUT2D eigenvalue weighted by Gasteiger charge is -2.01. The van der Waals surface area contributed by atoms with Gasteiger partial charge in [-0.1, -0.05) is 0 Å². The molecule has 0 aliphatic carbocycles. The van der Waals surface area contributed by atoms with Gasteiger partial charge < -0.3 is 4.74 Å². The second-order valence-electron chi connectivity index (χ2n) is 2.52. The molecule has 1 aromatic rings. The van der Waals surface area contributed by atoms with E-state index in [0.717, 1.165) is 5.69 Å². The van der Waals surface area contributed by atoms with Gasteiger partial charge in [0.05, 0.1) is 17.9 Å². The highest BCUT2D eigenvalue weighted by Gasteiger charge is 2.03. The largest absolute Gasteiger partial charge is 0.463 e. The molecule has 1 aromatic carbocycles. The molecule has 0 N–H and O–H groups in total. The molecule has 0 bridgehead atoms. The Hall–Kier alpha value is -2.08. The number of fused-ring (bicyclic) bond motifs is 1. The summed E-state index contributed by atoms with van der Waals surface area (Å²) in [5.74, 6) is 0.615. The van der Waals surface area contributed by atoms with Crippen LogP contribution in [0.5, 0.6) is 5.75 Å². The van der Waals surface area contributed by atoms with Crippen LogP contribution in [0.1, 0.15) is 5.56 Å². The number of ether oxygens (including phenoxy) is 1. The first kappa shape index (κ1) is 7.56. The molecule has 0 atom stereocenters. The van der Waals surface area contributed by atoms with Gasteiger partial charge in [0, 0.05) is 12.3 Å². The van der Waals surface area contributed by atoms with Crippen molar-refractivity contribution >= 4 is 11.9 Å². The maximum Gasteiger partial charge on any atom is 0.153 e. The van der Waals surface area contributed by atoms with E-state index in [1.54, 1.807) is 30.5 Å². The third kappa shape index (κ3) is 1.42. The Balaban J connectivity index is 2.53. The standard InChI is InChI=1S/C10H6N2O/c11-7-8-2-3-9-10(6-8)13-5-1-4-12-9/h1-6H. The highest BCUT2D eigenvalue weighted by Crippen LogP contribution is 2.29. The van der Waals surface area contributed by atoms with Crippen molar-refractivity contribution in [2.45, 2.75) is 0 Å². The Labute approximate surface area is 75.6 Å². The average molecular weight is 170 g/mol. The van der Waals surface area contributed by atoms with E-state index in [1.807, 2.05) is 6.07 Å². The van der Waals surface area contributed by atoms with Crippen LogP contribution in [0.4, 0.5) is 5.69 Å². The van der Waals surface area contributed by atoms with Crippen molar-refractivity contribution in [3.8, 4) is 11.8 Å². The van der Waals surface area contributed by atoms with E-state index in [2.05, 4.69) is 4.99 Å². The van der Waals surface area contributed by atoms with Crippen molar-refractivity contribution in [1.29, 1.82) is 5.26 Å². The minimum absolute atomic E-state index is 0.573. The molecule has 0 unspecified atom stereocenters. The van der Waals surface area contributed by atoms with Gasteiger partial charge in [-0.25, -0.2) is 0 Å². The highest BCUT2D eigenvalue weighted by atomic mass is 16.5. The predicted octanol–water partition coefficient (Wildman–Crippen LogP) is 2.17. The van der Waals surface area contributed by atoms with Gasteiger partial charge >= 0.3 is 0 Å². The first-order chi connectivity index (χ1) is 6.40. The summed E-state index contributed by atoms with van der Waals surface area (Å²) in [7, 11) is 0. The summed E-state index contributed by atoms with van der Waals surface area (Å²) in [6, 6.07) is 7.18. The molecule has 0 radical (unpaired) electrons. The van der Waals surface area contributed by atoms with E-state index in [9.17, 15) is 0 Å². The van der Waals surface area contributed by atoms with Crippen LogP contribution < -0.4 is 4.74 Å². The first-order valence-electron chi connectivity index (χ1n) is 3.80. The smallest absolute Gasteiger partial charge is 0.153 e. The molecule has 1 aliphatic rings. The van der Waals surface area contributed by atoms with Crippen LogP contribution >= 0.6 is 0 Å². The minimum Gasteiger partial charge on any atom is -0.463 e. The fourth-order valence-corrected chi connectivity index (χ4v) is 1.06. The molecule has 0 amide bonds. The van der Waals surface area contributed by atoms with Crippen molar-refractivity contribution in [3.05, 3.63) is 36.1 Å². The molecule has 0 saturated heterocycles. The summed E-state index contributed by atoms with van der Waals surface area (Å²) in [4.78, 5) is 4.12. The number of nitriles is 1. The molecule has 0 aromatic heterocycles. The maximum atomic E-state index is 8.65. The summed E-state index contributed by atoms with van der Waals surface area (Å²) in [5.41, 5.74) is 1.31. The number of hydrogen-bond acceptors (Lipinski definition) is 3. The Bertz CT molecular complexity index is 427. The molecule has 62 valence electrons. The molecule has 0 fully saturated rings. The van der Waals surface area contributed by atoms with Crippen molar-refractivity contribution in [2.75, 3.05) is 0 Å². The van der Waals surface area contributed by atoms with Crippen LogP contribution in [0.15, 0.2) is 35.5 Å². The van der Waals surface area contributed by atoms with E-state index in [0.29, 0.717) is 11.3 Å². The van der Waals surface area contributed by atoms with Crippen LogP contribution in [0, 0.1) is 11.3 Å². The topological polar surface area (TPSA) is 45.4 Å². The van der Waals surface area contributed by atoms with Gasteiger partial charge in [0.1, 0.15) is 5.69 Å². The molecule has 0 spiro atoms. The summed E-state index contributed by atoms with van der Waals surface area (Å²) in [6.07, 6.45) is 4.89. The molecule has 13 heavy (non-hydrogen) atoms. The molecule has 3 heteroatoms. The van der Waals surface area contributed by atoms with Gasteiger partial charge in [-0.05, 0) is 18.2 Å². The second kappa shape index (κ2) is 3.11. The maximum absolute atomic E-state index is 8.65. The second-order valence-corrected chi connectivity index (χ2v) is 2.52. The quantitative estimate of drug-likeness (QED) is 0.598. The minimum atomic E-state index is 0.573. The highest BCUT2D eigenvalue weighted by molar-refractivity contribution is 5.77. The monoisotopic (exact) mass is 170 g/mol. The lowest BCUT2D eigenvalue weighted by atomic mass is 10.2. The number of nitrogens with zero attached hydrogens (tertiary/aromatic N) is 2. The van der Waals surface area contributed by atoms with Gasteiger partial charge in [-0.3, -0.25) is 4.99 Å². The normalized spacial score (nSPS) is 12.5. The van der Waals surface area contributed by atoms with E-state index in [4.69, 9.17) is 10.00 Å². The van der Waals surface area contributed by atoms with Crippen LogP contribution in [-0.2, 0) is 0 Å². The fourth-order valence-electron chi connectivity index (χ4n) is 1.06.